The third kappa shape index (κ3) is 4.83. The molecule has 0 saturated heterocycles. The average molecular weight is 439 g/mol. The highest BCUT2D eigenvalue weighted by Crippen LogP contribution is 2.46. The highest BCUT2D eigenvalue weighted by molar-refractivity contribution is 5.86. The lowest BCUT2D eigenvalue weighted by molar-refractivity contribution is -0.143. The van der Waals surface area contributed by atoms with Gasteiger partial charge in [0, 0.05) is 18.8 Å². The summed E-state index contributed by atoms with van der Waals surface area (Å²) in [5.41, 5.74) is 3.04. The second kappa shape index (κ2) is 8.87. The lowest BCUT2D eigenvalue weighted by Gasteiger charge is -2.29. The second-order valence-electron chi connectivity index (χ2n) is 8.16. The molecule has 1 aromatic carbocycles. The first-order valence-corrected chi connectivity index (χ1v) is 10.3. The number of nitrogens with one attached hydrogen (secondary N) is 2. The maximum atomic E-state index is 13.5. The number of alkyl halides is 2. The summed E-state index contributed by atoms with van der Waals surface area (Å²) in [7, 11) is 0. The van der Waals surface area contributed by atoms with Crippen molar-refractivity contribution in [3.63, 3.8) is 0 Å². The highest BCUT2D eigenvalue weighted by atomic mass is 19.3. The minimum absolute atomic E-state index is 0.534. The van der Waals surface area contributed by atoms with Crippen LogP contribution >= 0.6 is 0 Å². The minimum atomic E-state index is -3.51. The summed E-state index contributed by atoms with van der Waals surface area (Å²) in [6, 6.07) is 10.1. The van der Waals surface area contributed by atoms with Gasteiger partial charge in [-0.1, -0.05) is 24.8 Å². The van der Waals surface area contributed by atoms with Gasteiger partial charge in [0.15, 0.2) is 6.21 Å². The van der Waals surface area contributed by atoms with E-state index >= 15 is 0 Å². The van der Waals surface area contributed by atoms with E-state index in [0.29, 0.717) is 29.4 Å². The number of nitriles is 1. The number of hydrogen-bond donors (Lipinski definition) is 3. The molecule has 166 valence electrons. The van der Waals surface area contributed by atoms with Crippen molar-refractivity contribution in [2.45, 2.75) is 50.1 Å². The molecule has 0 unspecified atom stereocenters. The van der Waals surface area contributed by atoms with Crippen LogP contribution in [-0.2, 0) is 10.2 Å². The van der Waals surface area contributed by atoms with Gasteiger partial charge in [0.1, 0.15) is 0 Å². The van der Waals surface area contributed by atoms with Gasteiger partial charge in [-0.2, -0.15) is 14.0 Å². The number of hydrogen-bond acceptors (Lipinski definition) is 4. The van der Waals surface area contributed by atoms with Gasteiger partial charge in [-0.25, -0.2) is 0 Å². The third-order valence-electron chi connectivity index (χ3n) is 5.66. The molecular formula is C24H26F2N5O+. The van der Waals surface area contributed by atoms with Crippen molar-refractivity contribution in [1.82, 2.24) is 10.3 Å². The minimum Gasteiger partial charge on any atom is -0.375 e. The Morgan fingerprint density at radius 2 is 2.09 bits per heavy atom. The molecule has 3 rings (SSSR count). The van der Waals surface area contributed by atoms with Gasteiger partial charge in [-0.15, -0.1) is 0 Å². The van der Waals surface area contributed by atoms with E-state index in [1.807, 2.05) is 18.2 Å². The van der Waals surface area contributed by atoms with E-state index in [4.69, 9.17) is 5.41 Å². The molecule has 32 heavy (non-hydrogen) atoms. The zero-order valence-corrected chi connectivity index (χ0v) is 18.0. The number of halogens is 2. The number of amides is 1. The largest absolute Gasteiger partial charge is 0.375 e. The maximum Gasteiger partial charge on any atom is 0.321 e. The van der Waals surface area contributed by atoms with Crippen LogP contribution < -0.4 is 16.0 Å². The van der Waals surface area contributed by atoms with E-state index in [1.54, 1.807) is 31.3 Å². The number of anilines is 1. The van der Waals surface area contributed by atoms with E-state index < -0.39 is 29.3 Å². The smallest absolute Gasteiger partial charge is 0.321 e. The molecule has 1 aliphatic carbocycles. The van der Waals surface area contributed by atoms with Gasteiger partial charge in [-0.05, 0) is 49.1 Å². The molecule has 1 fully saturated rings. The van der Waals surface area contributed by atoms with Gasteiger partial charge >= 0.3 is 5.92 Å². The Hall–Kier alpha value is -3.60. The van der Waals surface area contributed by atoms with Crippen molar-refractivity contribution in [3.05, 3.63) is 65.5 Å². The van der Waals surface area contributed by atoms with E-state index in [2.05, 4.69) is 28.3 Å². The Bertz CT molecular complexity index is 1070. The van der Waals surface area contributed by atoms with Crippen LogP contribution in [0.25, 0.3) is 6.08 Å². The Morgan fingerprint density at radius 1 is 1.38 bits per heavy atom. The fraction of sp³-hybridized carbons (Fsp3) is 0.333. The molecule has 0 aliphatic heterocycles. The third-order valence-corrected chi connectivity index (χ3v) is 5.66. The van der Waals surface area contributed by atoms with Crippen LogP contribution in [0.3, 0.4) is 0 Å². The number of nitrogens with zero attached hydrogens (tertiary/aromatic N) is 2. The fourth-order valence-electron chi connectivity index (χ4n) is 3.48. The van der Waals surface area contributed by atoms with Crippen molar-refractivity contribution >= 4 is 23.9 Å². The van der Waals surface area contributed by atoms with E-state index in [-0.39, 0.29) is 0 Å². The Morgan fingerprint density at radius 3 is 2.59 bits per heavy atom. The molecule has 1 saturated carbocycles. The van der Waals surface area contributed by atoms with Crippen molar-refractivity contribution in [3.8, 4) is 6.07 Å². The molecule has 1 aliphatic rings. The number of carbonyl (C=O) groups excluding carboxylic acids is 1. The summed E-state index contributed by atoms with van der Waals surface area (Å²) in [5, 5.41) is 20.9. The molecule has 1 amide bonds. The van der Waals surface area contributed by atoms with Crippen molar-refractivity contribution in [2.75, 3.05) is 5.32 Å². The summed E-state index contributed by atoms with van der Waals surface area (Å²) in [6.45, 7) is 5.94. The number of nitrogens with two attached hydrogens (primary N) is 1. The normalized spacial score (nSPS) is 16.2. The molecular weight excluding hydrogens is 412 g/mol. The topological polar surface area (TPSA) is 103 Å². The molecule has 6 nitrogen and oxygen atoms in total. The van der Waals surface area contributed by atoms with Gasteiger partial charge in [-0.3, -0.25) is 15.2 Å². The van der Waals surface area contributed by atoms with Gasteiger partial charge in [0.05, 0.1) is 34.8 Å². The lowest BCUT2D eigenvalue weighted by Crippen LogP contribution is -2.46. The molecule has 4 N–H and O–H groups in total. The monoisotopic (exact) mass is 438 g/mol. The summed E-state index contributed by atoms with van der Waals surface area (Å²) in [4.78, 5) is 16.4. The van der Waals surface area contributed by atoms with Crippen LogP contribution in [0.2, 0.25) is 0 Å². The van der Waals surface area contributed by atoms with E-state index in [1.165, 1.54) is 6.21 Å². The Kier molecular flexibility index (Phi) is 6.40. The van der Waals surface area contributed by atoms with Crippen molar-refractivity contribution in [2.24, 2.45) is 0 Å². The van der Waals surface area contributed by atoms with Crippen LogP contribution in [0.1, 0.15) is 55.1 Å². The van der Waals surface area contributed by atoms with E-state index in [9.17, 15) is 18.8 Å². The van der Waals surface area contributed by atoms with Crippen molar-refractivity contribution < 1.29 is 19.0 Å². The summed E-state index contributed by atoms with van der Waals surface area (Å²) in [6.07, 6.45) is 6.26. The summed E-state index contributed by atoms with van der Waals surface area (Å²) < 4.78 is 27.0. The number of aromatic nitrogens is 1. The first-order chi connectivity index (χ1) is 15.1. The van der Waals surface area contributed by atoms with Gasteiger partial charge in [0.2, 0.25) is 0 Å². The Labute approximate surface area is 185 Å². The zero-order valence-electron chi connectivity index (χ0n) is 18.0. The molecule has 0 spiro atoms. The number of carbonyl (C=O) groups is 1. The molecule has 2 atom stereocenters. The van der Waals surface area contributed by atoms with Crippen LogP contribution in [0.4, 0.5) is 14.5 Å². The molecule has 2 aromatic rings. The van der Waals surface area contributed by atoms with Gasteiger partial charge in [0.25, 0.3) is 5.91 Å². The predicted octanol–water partition coefficient (Wildman–Crippen LogP) is 2.77. The predicted molar refractivity (Wildman–Crippen MR) is 119 cm³/mol. The van der Waals surface area contributed by atoms with Crippen LogP contribution in [0, 0.1) is 11.3 Å². The Balaban J connectivity index is 1.94. The zero-order chi connectivity index (χ0) is 23.5. The van der Waals surface area contributed by atoms with Crippen LogP contribution in [-0.4, -0.2) is 29.1 Å². The first-order valence-electron chi connectivity index (χ1n) is 10.3. The fourth-order valence-corrected chi connectivity index (χ4v) is 3.48. The average Bonchev–Trinajstić information content (AvgIpc) is 3.58. The SMILES string of the molecule is C=Cc1ccc(N[C@H](c2ccc(C3(C#N)CC3)nc2)[C@H](C)NC(=O)C(C)(F)F)c(C=[NH2+])c1. The number of benzene rings is 1. The van der Waals surface area contributed by atoms with Gasteiger partial charge < -0.3 is 10.6 Å². The molecule has 1 aromatic heterocycles. The lowest BCUT2D eigenvalue weighted by atomic mass is 9.97. The molecule has 0 bridgehead atoms. The quantitative estimate of drug-likeness (QED) is 0.524. The standard InChI is InChI=1S/C24H25F2N5O/c1-4-16-5-7-19(18(11-16)12-27)31-21(15(2)30-22(32)23(3,25)26)17-6-8-20(29-13-17)24(14-28)9-10-24/h4-8,11-13,15,21,27,31H,1,9-10H2,2-3H3,(H,30,32)/p+1/t15-,21-/m0/s1. The molecule has 1 heterocycles. The highest BCUT2D eigenvalue weighted by Gasteiger charge is 2.46. The maximum absolute atomic E-state index is 13.5. The van der Waals surface area contributed by atoms with Crippen molar-refractivity contribution in [1.29, 1.82) is 5.26 Å². The number of pyridine rings is 1. The first kappa shape index (κ1) is 23.1. The summed E-state index contributed by atoms with van der Waals surface area (Å²) >= 11 is 0. The second-order valence-corrected chi connectivity index (χ2v) is 8.16. The van der Waals surface area contributed by atoms with Crippen LogP contribution in [0.5, 0.6) is 0 Å². The summed E-state index contributed by atoms with van der Waals surface area (Å²) in [5.74, 6) is -4.87. The van der Waals surface area contributed by atoms with E-state index in [0.717, 1.165) is 18.4 Å². The molecule has 8 heteroatoms. The van der Waals surface area contributed by atoms with Crippen LogP contribution in [0.15, 0.2) is 43.1 Å². The molecule has 0 radical (unpaired) electrons. The number of rotatable bonds is 9.